The Morgan fingerprint density at radius 3 is 2.82 bits per heavy atom. The fourth-order valence-corrected chi connectivity index (χ4v) is 1.31. The number of amides is 1. The van der Waals surface area contributed by atoms with Crippen LogP contribution in [0.25, 0.3) is 0 Å². The summed E-state index contributed by atoms with van der Waals surface area (Å²) in [4.78, 5) is 27.1. The highest BCUT2D eigenvalue weighted by molar-refractivity contribution is 6.03. The van der Waals surface area contributed by atoms with Crippen molar-refractivity contribution in [3.8, 4) is 0 Å². The highest BCUT2D eigenvalue weighted by atomic mass is 16.2. The summed E-state index contributed by atoms with van der Waals surface area (Å²) >= 11 is 0. The number of aryl methyl sites for hydroxylation is 1. The van der Waals surface area contributed by atoms with Crippen molar-refractivity contribution >= 4 is 11.7 Å². The maximum absolute atomic E-state index is 11.8. The number of hydrogen-bond acceptors (Lipinski definition) is 3. The van der Waals surface area contributed by atoms with Crippen LogP contribution in [-0.4, -0.2) is 15.5 Å². The summed E-state index contributed by atoms with van der Waals surface area (Å²) < 4.78 is 1.40. The standard InChI is InChI=1S/C12H11N3O2/c1-15-7-5-9(8-11(15)16)12(17)14-10-4-2-3-6-13-10/h2-8H,1H3,(H,13,14,17). The summed E-state index contributed by atoms with van der Waals surface area (Å²) in [5.74, 6) is 0.111. The maximum atomic E-state index is 11.8. The van der Waals surface area contributed by atoms with E-state index in [4.69, 9.17) is 0 Å². The number of rotatable bonds is 2. The van der Waals surface area contributed by atoms with Gasteiger partial charge in [0, 0.05) is 31.1 Å². The average Bonchev–Trinajstić information content (AvgIpc) is 2.34. The third kappa shape index (κ3) is 2.57. The van der Waals surface area contributed by atoms with E-state index < -0.39 is 0 Å². The van der Waals surface area contributed by atoms with Crippen molar-refractivity contribution in [3.05, 3.63) is 58.6 Å². The minimum Gasteiger partial charge on any atom is -0.319 e. The first-order valence-electron chi connectivity index (χ1n) is 5.06. The Hall–Kier alpha value is -2.43. The summed E-state index contributed by atoms with van der Waals surface area (Å²) in [5.41, 5.74) is 0.0948. The van der Waals surface area contributed by atoms with Gasteiger partial charge in [0.25, 0.3) is 11.5 Å². The average molecular weight is 229 g/mol. The number of aromatic nitrogens is 2. The molecule has 0 radical (unpaired) electrons. The van der Waals surface area contributed by atoms with Gasteiger partial charge in [-0.05, 0) is 18.2 Å². The van der Waals surface area contributed by atoms with E-state index in [-0.39, 0.29) is 11.5 Å². The lowest BCUT2D eigenvalue weighted by Gasteiger charge is -2.04. The van der Waals surface area contributed by atoms with E-state index in [1.54, 1.807) is 43.7 Å². The highest BCUT2D eigenvalue weighted by Gasteiger charge is 2.07. The summed E-state index contributed by atoms with van der Waals surface area (Å²) in [6.07, 6.45) is 3.13. The third-order valence-corrected chi connectivity index (χ3v) is 2.27. The molecule has 2 rings (SSSR count). The van der Waals surface area contributed by atoms with Gasteiger partial charge in [-0.25, -0.2) is 4.98 Å². The van der Waals surface area contributed by atoms with Crippen molar-refractivity contribution in [1.82, 2.24) is 9.55 Å². The number of carbonyl (C=O) groups is 1. The molecule has 17 heavy (non-hydrogen) atoms. The normalized spacial score (nSPS) is 9.94. The van der Waals surface area contributed by atoms with Gasteiger partial charge in [0.1, 0.15) is 5.82 Å². The lowest BCUT2D eigenvalue weighted by atomic mass is 10.2. The molecule has 0 saturated heterocycles. The zero-order chi connectivity index (χ0) is 12.3. The molecular weight excluding hydrogens is 218 g/mol. The molecule has 86 valence electrons. The summed E-state index contributed by atoms with van der Waals surface area (Å²) in [7, 11) is 1.63. The molecule has 0 spiro atoms. The smallest absolute Gasteiger partial charge is 0.257 e. The number of pyridine rings is 2. The molecule has 0 saturated carbocycles. The Morgan fingerprint density at radius 2 is 2.18 bits per heavy atom. The van der Waals surface area contributed by atoms with Gasteiger partial charge >= 0.3 is 0 Å². The SMILES string of the molecule is Cn1ccc(C(=O)Nc2ccccn2)cc1=O. The molecule has 0 aromatic carbocycles. The van der Waals surface area contributed by atoms with Gasteiger partial charge < -0.3 is 9.88 Å². The maximum Gasteiger partial charge on any atom is 0.257 e. The molecule has 2 heterocycles. The molecule has 5 nitrogen and oxygen atoms in total. The Kier molecular flexibility index (Phi) is 3.00. The van der Waals surface area contributed by atoms with Gasteiger partial charge in [0.05, 0.1) is 0 Å². The van der Waals surface area contributed by atoms with Gasteiger partial charge in [0.15, 0.2) is 0 Å². The molecular formula is C12H11N3O2. The van der Waals surface area contributed by atoms with E-state index in [9.17, 15) is 9.59 Å². The number of nitrogens with zero attached hydrogens (tertiary/aromatic N) is 2. The van der Waals surface area contributed by atoms with Crippen LogP contribution in [0, 0.1) is 0 Å². The van der Waals surface area contributed by atoms with E-state index in [2.05, 4.69) is 10.3 Å². The van der Waals surface area contributed by atoms with Crippen LogP contribution in [0.4, 0.5) is 5.82 Å². The van der Waals surface area contributed by atoms with Crippen LogP contribution in [0.5, 0.6) is 0 Å². The van der Waals surface area contributed by atoms with Gasteiger partial charge in [-0.1, -0.05) is 6.07 Å². The van der Waals surface area contributed by atoms with Crippen LogP contribution in [-0.2, 0) is 7.05 Å². The van der Waals surface area contributed by atoms with Crippen LogP contribution < -0.4 is 10.9 Å². The minimum absolute atomic E-state index is 0.223. The van der Waals surface area contributed by atoms with E-state index >= 15 is 0 Å². The lowest BCUT2D eigenvalue weighted by Crippen LogP contribution is -2.20. The van der Waals surface area contributed by atoms with Crippen molar-refractivity contribution in [3.63, 3.8) is 0 Å². The van der Waals surface area contributed by atoms with Crippen LogP contribution in [0.1, 0.15) is 10.4 Å². The van der Waals surface area contributed by atoms with Crippen LogP contribution in [0.15, 0.2) is 47.5 Å². The first kappa shape index (κ1) is 11.1. The Morgan fingerprint density at radius 1 is 1.35 bits per heavy atom. The van der Waals surface area contributed by atoms with Crippen molar-refractivity contribution in [1.29, 1.82) is 0 Å². The largest absolute Gasteiger partial charge is 0.319 e. The lowest BCUT2D eigenvalue weighted by molar-refractivity contribution is 0.102. The molecule has 0 atom stereocenters. The summed E-state index contributed by atoms with van der Waals surface area (Å²) in [6, 6.07) is 8.08. The molecule has 0 bridgehead atoms. The van der Waals surface area contributed by atoms with Crippen LogP contribution >= 0.6 is 0 Å². The van der Waals surface area contributed by atoms with Crippen molar-refractivity contribution < 1.29 is 4.79 Å². The van der Waals surface area contributed by atoms with Gasteiger partial charge in [-0.3, -0.25) is 9.59 Å². The molecule has 1 N–H and O–H groups in total. The molecule has 0 aliphatic heterocycles. The Balaban J connectivity index is 2.21. The Bertz CT molecular complexity index is 590. The van der Waals surface area contributed by atoms with Crippen molar-refractivity contribution in [2.24, 2.45) is 7.05 Å². The zero-order valence-corrected chi connectivity index (χ0v) is 9.25. The molecule has 0 aliphatic carbocycles. The molecule has 2 aromatic heterocycles. The quantitative estimate of drug-likeness (QED) is 0.836. The first-order chi connectivity index (χ1) is 8.16. The molecule has 0 aliphatic rings. The second-order valence-corrected chi connectivity index (χ2v) is 3.53. The fraction of sp³-hybridized carbons (Fsp3) is 0.0833. The molecule has 0 unspecified atom stereocenters. The molecule has 1 amide bonds. The van der Waals surface area contributed by atoms with E-state index in [0.717, 1.165) is 0 Å². The second kappa shape index (κ2) is 4.61. The summed E-state index contributed by atoms with van der Waals surface area (Å²) in [6.45, 7) is 0. The van der Waals surface area contributed by atoms with Gasteiger partial charge in [-0.2, -0.15) is 0 Å². The molecule has 5 heteroatoms. The predicted octanol–water partition coefficient (Wildman–Crippen LogP) is 1.03. The number of nitrogens with one attached hydrogen (secondary N) is 1. The minimum atomic E-state index is -0.346. The van der Waals surface area contributed by atoms with Gasteiger partial charge in [0.2, 0.25) is 0 Å². The zero-order valence-electron chi connectivity index (χ0n) is 9.25. The number of anilines is 1. The van der Waals surface area contributed by atoms with Gasteiger partial charge in [-0.15, -0.1) is 0 Å². The van der Waals surface area contributed by atoms with Crippen LogP contribution in [0.2, 0.25) is 0 Å². The van der Waals surface area contributed by atoms with E-state index in [1.165, 1.54) is 10.6 Å². The topological polar surface area (TPSA) is 64.0 Å². The monoisotopic (exact) mass is 229 g/mol. The fourth-order valence-electron chi connectivity index (χ4n) is 1.31. The van der Waals surface area contributed by atoms with Crippen LogP contribution in [0.3, 0.4) is 0 Å². The number of carbonyl (C=O) groups excluding carboxylic acids is 1. The first-order valence-corrected chi connectivity index (χ1v) is 5.06. The second-order valence-electron chi connectivity index (χ2n) is 3.53. The summed E-state index contributed by atoms with van der Waals surface area (Å²) in [5, 5.41) is 2.61. The van der Waals surface area contributed by atoms with Crippen molar-refractivity contribution in [2.75, 3.05) is 5.32 Å². The Labute approximate surface area is 97.7 Å². The molecule has 2 aromatic rings. The molecule has 0 fully saturated rings. The van der Waals surface area contributed by atoms with Crippen molar-refractivity contribution in [2.45, 2.75) is 0 Å². The number of hydrogen-bond donors (Lipinski definition) is 1. The highest BCUT2D eigenvalue weighted by Crippen LogP contribution is 2.03. The predicted molar refractivity (Wildman–Crippen MR) is 63.9 cm³/mol. The van der Waals surface area contributed by atoms with E-state index in [0.29, 0.717) is 11.4 Å². The third-order valence-electron chi connectivity index (χ3n) is 2.27. The van der Waals surface area contributed by atoms with E-state index in [1.807, 2.05) is 0 Å².